The summed E-state index contributed by atoms with van der Waals surface area (Å²) < 4.78 is 0. The third kappa shape index (κ3) is 4.78. The molecule has 0 radical (unpaired) electrons. The molecule has 2 saturated carbocycles. The molecule has 2 fully saturated rings. The summed E-state index contributed by atoms with van der Waals surface area (Å²) in [6.07, 6.45) is 12.9. The second kappa shape index (κ2) is 12.5. The minimum Gasteiger partial charge on any atom is -0.228 e. The van der Waals surface area contributed by atoms with Crippen LogP contribution in [0.1, 0.15) is 86.5 Å². The molecule has 0 aliphatic heterocycles. The molecule has 0 atom stereocenters. The summed E-state index contributed by atoms with van der Waals surface area (Å²) in [4.78, 5) is 10.3. The Kier molecular flexibility index (Phi) is 7.37. The third-order valence-corrected chi connectivity index (χ3v) is 13.5. The molecule has 7 aromatic rings. The Balaban J connectivity index is 1.10. The van der Waals surface area contributed by atoms with E-state index in [1.807, 2.05) is 6.07 Å². The van der Waals surface area contributed by atoms with Gasteiger partial charge in [0, 0.05) is 27.5 Å². The van der Waals surface area contributed by atoms with Crippen LogP contribution in [-0.4, -0.2) is 9.97 Å². The van der Waals surface area contributed by atoms with Gasteiger partial charge in [-0.15, -0.1) is 0 Å². The maximum atomic E-state index is 5.21. The highest BCUT2D eigenvalue weighted by atomic mass is 14.9. The van der Waals surface area contributed by atoms with E-state index in [9.17, 15) is 0 Å². The largest absolute Gasteiger partial charge is 0.228 e. The smallest absolute Gasteiger partial charge is 0.160 e. The topological polar surface area (TPSA) is 25.8 Å². The van der Waals surface area contributed by atoms with Crippen LogP contribution in [0.15, 0.2) is 146 Å². The van der Waals surface area contributed by atoms with Crippen LogP contribution in [0.4, 0.5) is 0 Å². The Bertz CT molecular complexity index is 2500. The average Bonchev–Trinajstić information content (AvgIpc) is 3.66. The average molecular weight is 697 g/mol. The number of rotatable bonds is 4. The molecule has 0 N–H and O–H groups in total. The van der Waals surface area contributed by atoms with E-state index >= 15 is 0 Å². The number of nitrogens with zero attached hydrogens (tertiary/aromatic N) is 2. The zero-order chi connectivity index (χ0) is 35.7. The molecule has 0 bridgehead atoms. The molecule has 2 nitrogen and oxygen atoms in total. The molecular weight excluding hydrogens is 653 g/mol. The van der Waals surface area contributed by atoms with E-state index in [2.05, 4.69) is 140 Å². The molecule has 262 valence electrons. The summed E-state index contributed by atoms with van der Waals surface area (Å²) >= 11 is 0. The lowest BCUT2D eigenvalue weighted by atomic mass is 9.66. The van der Waals surface area contributed by atoms with Crippen LogP contribution in [-0.2, 0) is 10.8 Å². The first kappa shape index (κ1) is 31.9. The van der Waals surface area contributed by atoms with E-state index in [1.54, 1.807) is 22.3 Å². The van der Waals surface area contributed by atoms with Crippen molar-refractivity contribution in [1.82, 2.24) is 9.97 Å². The highest BCUT2D eigenvalue weighted by Crippen LogP contribution is 2.63. The quantitative estimate of drug-likeness (QED) is 0.183. The normalized spacial score (nSPS) is 17.2. The number of fused-ring (bicyclic) bond motifs is 10. The Hall–Kier alpha value is -5.60. The fraction of sp³-hybridized carbons (Fsp3) is 0.231. The summed E-state index contributed by atoms with van der Waals surface area (Å²) in [5, 5.41) is 0. The molecule has 1 heterocycles. The van der Waals surface area contributed by atoms with Crippen molar-refractivity contribution in [3.63, 3.8) is 0 Å². The molecule has 0 saturated heterocycles. The first-order valence-electron chi connectivity index (χ1n) is 20.3. The van der Waals surface area contributed by atoms with Gasteiger partial charge in [-0.25, -0.2) is 9.97 Å². The van der Waals surface area contributed by atoms with Crippen LogP contribution in [0.25, 0.3) is 67.3 Å². The van der Waals surface area contributed by atoms with Crippen molar-refractivity contribution >= 4 is 0 Å². The van der Waals surface area contributed by atoms with E-state index < -0.39 is 0 Å². The molecule has 2 heteroatoms. The fourth-order valence-corrected chi connectivity index (χ4v) is 11.0. The summed E-state index contributed by atoms with van der Waals surface area (Å²) in [7, 11) is 0. The standard InChI is InChI=1S/C52H44N2/c1-5-17-35(18-6-1)47-34-48(54-50(53-47)36-19-7-2-8-20-36)38-22-15-21-37(31-38)39-24-16-26-44-49(39)42-33-45-41(32-46(42)52(44)29-13-4-14-30-52)40-23-9-10-25-43(40)51(45)27-11-3-12-28-51/h1-2,5-10,15-26,31-34H,3-4,11-14,27-30H2. The van der Waals surface area contributed by atoms with E-state index in [0.717, 1.165) is 33.9 Å². The van der Waals surface area contributed by atoms with Gasteiger partial charge in [-0.1, -0.05) is 160 Å². The summed E-state index contributed by atoms with van der Waals surface area (Å²) in [5.41, 5.74) is 20.2. The first-order valence-corrected chi connectivity index (χ1v) is 20.3. The Labute approximate surface area is 319 Å². The van der Waals surface area contributed by atoms with Crippen molar-refractivity contribution in [1.29, 1.82) is 0 Å². The van der Waals surface area contributed by atoms with Crippen molar-refractivity contribution in [2.24, 2.45) is 0 Å². The maximum Gasteiger partial charge on any atom is 0.160 e. The van der Waals surface area contributed by atoms with Gasteiger partial charge in [0.25, 0.3) is 0 Å². The molecule has 54 heavy (non-hydrogen) atoms. The van der Waals surface area contributed by atoms with Crippen molar-refractivity contribution in [2.75, 3.05) is 0 Å². The zero-order valence-corrected chi connectivity index (χ0v) is 30.8. The molecule has 2 spiro atoms. The van der Waals surface area contributed by atoms with Crippen LogP contribution >= 0.6 is 0 Å². The molecule has 4 aliphatic carbocycles. The van der Waals surface area contributed by atoms with Crippen molar-refractivity contribution in [3.05, 3.63) is 168 Å². The Morgan fingerprint density at radius 3 is 1.59 bits per heavy atom. The van der Waals surface area contributed by atoms with Gasteiger partial charge in [0.2, 0.25) is 0 Å². The van der Waals surface area contributed by atoms with E-state index in [-0.39, 0.29) is 10.8 Å². The van der Waals surface area contributed by atoms with Gasteiger partial charge >= 0.3 is 0 Å². The van der Waals surface area contributed by atoms with Gasteiger partial charge in [-0.05, 0) is 106 Å². The summed E-state index contributed by atoms with van der Waals surface area (Å²) in [6.45, 7) is 0. The van der Waals surface area contributed by atoms with Crippen LogP contribution in [0.5, 0.6) is 0 Å². The first-order chi connectivity index (χ1) is 26.7. The SMILES string of the molecule is c1ccc(-c2cc(-c3cccc(-c4cccc5c4-c4cc6c(cc4C54CCCCC4)-c4ccccc4C64CCCCC4)c3)nc(-c3ccccc3)n2)cc1. The molecule has 0 unspecified atom stereocenters. The van der Waals surface area contributed by atoms with Crippen LogP contribution < -0.4 is 0 Å². The molecule has 6 aromatic carbocycles. The number of hydrogen-bond donors (Lipinski definition) is 0. The minimum absolute atomic E-state index is 0.0741. The van der Waals surface area contributed by atoms with E-state index in [4.69, 9.17) is 9.97 Å². The second-order valence-electron chi connectivity index (χ2n) is 16.3. The van der Waals surface area contributed by atoms with Crippen molar-refractivity contribution in [3.8, 4) is 67.3 Å². The third-order valence-electron chi connectivity index (χ3n) is 13.5. The summed E-state index contributed by atoms with van der Waals surface area (Å²) in [6, 6.07) is 54.1. The molecule has 0 amide bonds. The Morgan fingerprint density at radius 2 is 0.852 bits per heavy atom. The van der Waals surface area contributed by atoms with Gasteiger partial charge in [-0.2, -0.15) is 0 Å². The Morgan fingerprint density at radius 1 is 0.333 bits per heavy atom. The highest BCUT2D eigenvalue weighted by molar-refractivity contribution is 5.96. The molecule has 4 aliphatic rings. The lowest BCUT2D eigenvalue weighted by Gasteiger charge is -2.37. The molecule has 11 rings (SSSR count). The highest BCUT2D eigenvalue weighted by Gasteiger charge is 2.49. The van der Waals surface area contributed by atoms with Crippen LogP contribution in [0.2, 0.25) is 0 Å². The second-order valence-corrected chi connectivity index (χ2v) is 16.3. The van der Waals surface area contributed by atoms with Crippen molar-refractivity contribution in [2.45, 2.75) is 75.0 Å². The predicted molar refractivity (Wildman–Crippen MR) is 222 cm³/mol. The van der Waals surface area contributed by atoms with Gasteiger partial charge < -0.3 is 0 Å². The zero-order valence-electron chi connectivity index (χ0n) is 30.8. The van der Waals surface area contributed by atoms with Gasteiger partial charge in [-0.3, -0.25) is 0 Å². The van der Waals surface area contributed by atoms with Gasteiger partial charge in [0.05, 0.1) is 11.4 Å². The minimum atomic E-state index is 0.0741. The van der Waals surface area contributed by atoms with Gasteiger partial charge in [0.15, 0.2) is 5.82 Å². The maximum absolute atomic E-state index is 5.21. The van der Waals surface area contributed by atoms with Gasteiger partial charge in [0.1, 0.15) is 0 Å². The summed E-state index contributed by atoms with van der Waals surface area (Å²) in [5.74, 6) is 0.748. The van der Waals surface area contributed by atoms with Crippen LogP contribution in [0.3, 0.4) is 0 Å². The lowest BCUT2D eigenvalue weighted by molar-refractivity contribution is 0.350. The van der Waals surface area contributed by atoms with Crippen molar-refractivity contribution < 1.29 is 0 Å². The number of hydrogen-bond acceptors (Lipinski definition) is 2. The molecular formula is C52H44N2. The fourth-order valence-electron chi connectivity index (χ4n) is 11.0. The van der Waals surface area contributed by atoms with E-state index in [0.29, 0.717) is 0 Å². The van der Waals surface area contributed by atoms with Crippen LogP contribution in [0, 0.1) is 0 Å². The molecule has 1 aromatic heterocycles. The lowest BCUT2D eigenvalue weighted by Crippen LogP contribution is -2.29. The number of aromatic nitrogens is 2. The predicted octanol–water partition coefficient (Wildman–Crippen LogP) is 13.6. The number of benzene rings is 6. The monoisotopic (exact) mass is 696 g/mol. The van der Waals surface area contributed by atoms with E-state index in [1.165, 1.54) is 97.6 Å².